The molecule has 0 aliphatic heterocycles. The Kier molecular flexibility index (Phi) is 6.70. The van der Waals surface area contributed by atoms with E-state index in [0.717, 1.165) is 0 Å². The number of halogens is 1. The Morgan fingerprint density at radius 3 is 2.68 bits per heavy atom. The zero-order valence-corrected chi connectivity index (χ0v) is 13.5. The molecule has 0 aliphatic rings. The van der Waals surface area contributed by atoms with E-state index < -0.39 is 5.83 Å². The molecule has 1 aromatic heterocycles. The van der Waals surface area contributed by atoms with Crippen LogP contribution in [-0.2, 0) is 0 Å². The standard InChI is InChI=1S/C18H22FNO2/c1-6-14(19)10-15(7-2)22-16-9-13(5)20-17(11-16)18(21)8-12(3)4/h6-7,9-12H,2,8H2,1,3-5H3. The van der Waals surface area contributed by atoms with Crippen molar-refractivity contribution in [3.8, 4) is 5.75 Å². The van der Waals surface area contributed by atoms with Crippen molar-refractivity contribution in [1.82, 2.24) is 4.98 Å². The number of rotatable bonds is 7. The van der Waals surface area contributed by atoms with Crippen LogP contribution in [0.25, 0.3) is 0 Å². The molecule has 0 bridgehead atoms. The lowest BCUT2D eigenvalue weighted by Gasteiger charge is -2.10. The third-order valence-electron chi connectivity index (χ3n) is 2.80. The molecule has 0 radical (unpaired) electrons. The molecule has 0 amide bonds. The number of hydrogen-bond donors (Lipinski definition) is 0. The van der Waals surface area contributed by atoms with Crippen LogP contribution in [0.3, 0.4) is 0 Å². The summed E-state index contributed by atoms with van der Waals surface area (Å²) in [6.07, 6.45) is 4.39. The lowest BCUT2D eigenvalue weighted by Crippen LogP contribution is -2.07. The first-order valence-corrected chi connectivity index (χ1v) is 7.21. The molecule has 0 saturated carbocycles. The summed E-state index contributed by atoms with van der Waals surface area (Å²) in [5.74, 6) is 0.508. The van der Waals surface area contributed by atoms with Crippen molar-refractivity contribution in [2.75, 3.05) is 0 Å². The summed E-state index contributed by atoms with van der Waals surface area (Å²) in [6.45, 7) is 10.9. The van der Waals surface area contributed by atoms with Crippen LogP contribution in [0, 0.1) is 12.8 Å². The molecule has 118 valence electrons. The largest absolute Gasteiger partial charge is 0.457 e. The summed E-state index contributed by atoms with van der Waals surface area (Å²) in [5.41, 5.74) is 1.03. The first kappa shape index (κ1) is 17.8. The monoisotopic (exact) mass is 303 g/mol. The maximum atomic E-state index is 13.3. The number of pyridine rings is 1. The van der Waals surface area contributed by atoms with E-state index in [1.807, 2.05) is 13.8 Å². The van der Waals surface area contributed by atoms with Gasteiger partial charge in [0.2, 0.25) is 0 Å². The van der Waals surface area contributed by atoms with Crippen molar-refractivity contribution in [2.24, 2.45) is 5.92 Å². The molecular weight excluding hydrogens is 281 g/mol. The number of allylic oxidation sites excluding steroid dienone is 4. The number of ketones is 1. The number of hydrogen-bond acceptors (Lipinski definition) is 3. The molecule has 22 heavy (non-hydrogen) atoms. The van der Waals surface area contributed by atoms with Gasteiger partial charge in [-0.25, -0.2) is 9.37 Å². The van der Waals surface area contributed by atoms with Gasteiger partial charge in [-0.15, -0.1) is 0 Å². The van der Waals surface area contributed by atoms with Crippen molar-refractivity contribution in [1.29, 1.82) is 0 Å². The molecule has 0 aliphatic carbocycles. The van der Waals surface area contributed by atoms with Crippen LogP contribution in [0.1, 0.15) is 43.4 Å². The molecule has 0 aromatic carbocycles. The van der Waals surface area contributed by atoms with Gasteiger partial charge in [0.25, 0.3) is 0 Å². The first-order valence-electron chi connectivity index (χ1n) is 7.21. The Bertz CT molecular complexity index is 616. The van der Waals surface area contributed by atoms with E-state index in [2.05, 4.69) is 11.6 Å². The summed E-state index contributed by atoms with van der Waals surface area (Å²) >= 11 is 0. The lowest BCUT2D eigenvalue weighted by molar-refractivity contribution is 0.0962. The Labute approximate surface area is 131 Å². The average molecular weight is 303 g/mol. The molecule has 0 fully saturated rings. The van der Waals surface area contributed by atoms with Gasteiger partial charge in [-0.05, 0) is 25.8 Å². The molecule has 4 heteroatoms. The third-order valence-corrected chi connectivity index (χ3v) is 2.80. The van der Waals surface area contributed by atoms with Gasteiger partial charge in [0.05, 0.1) is 0 Å². The van der Waals surface area contributed by atoms with Crippen LogP contribution in [0.5, 0.6) is 5.75 Å². The molecule has 1 aromatic rings. The second kappa shape index (κ2) is 8.27. The van der Waals surface area contributed by atoms with Crippen LogP contribution in [0.4, 0.5) is 4.39 Å². The van der Waals surface area contributed by atoms with Crippen LogP contribution in [0.2, 0.25) is 0 Å². The van der Waals surface area contributed by atoms with Gasteiger partial charge >= 0.3 is 0 Å². The first-order chi connectivity index (χ1) is 10.3. The fraction of sp³-hybridized carbons (Fsp3) is 0.333. The highest BCUT2D eigenvalue weighted by molar-refractivity contribution is 5.94. The van der Waals surface area contributed by atoms with Gasteiger partial charge in [0.1, 0.15) is 23.0 Å². The minimum atomic E-state index is -0.420. The molecule has 0 saturated heterocycles. The molecule has 3 nitrogen and oxygen atoms in total. The van der Waals surface area contributed by atoms with Gasteiger partial charge in [0.15, 0.2) is 5.78 Å². The highest BCUT2D eigenvalue weighted by Gasteiger charge is 2.12. The van der Waals surface area contributed by atoms with Gasteiger partial charge in [-0.2, -0.15) is 0 Å². The van der Waals surface area contributed by atoms with Crippen molar-refractivity contribution in [3.63, 3.8) is 0 Å². The topological polar surface area (TPSA) is 39.2 Å². The summed E-state index contributed by atoms with van der Waals surface area (Å²) in [7, 11) is 0. The Balaban J connectivity index is 3.06. The number of carbonyl (C=O) groups excluding carboxylic acids is 1. The minimum Gasteiger partial charge on any atom is -0.457 e. The zero-order valence-electron chi connectivity index (χ0n) is 13.5. The molecule has 0 spiro atoms. The van der Waals surface area contributed by atoms with Gasteiger partial charge < -0.3 is 4.74 Å². The Hall–Kier alpha value is -2.23. The highest BCUT2D eigenvalue weighted by Crippen LogP contribution is 2.20. The van der Waals surface area contributed by atoms with E-state index in [-0.39, 0.29) is 17.5 Å². The second-order valence-electron chi connectivity index (χ2n) is 5.38. The number of Topliss-reactive ketones (excluding diaryl/α,β-unsaturated/α-hetero) is 1. The summed E-state index contributed by atoms with van der Waals surface area (Å²) in [6, 6.07) is 3.26. The highest BCUT2D eigenvalue weighted by atomic mass is 19.1. The zero-order chi connectivity index (χ0) is 16.7. The second-order valence-corrected chi connectivity index (χ2v) is 5.38. The number of ether oxygens (including phenoxy) is 1. The molecule has 0 atom stereocenters. The molecular formula is C18H22FNO2. The number of carbonyl (C=O) groups is 1. The van der Waals surface area contributed by atoms with E-state index in [1.165, 1.54) is 18.2 Å². The van der Waals surface area contributed by atoms with Crippen LogP contribution in [0.15, 0.2) is 48.5 Å². The summed E-state index contributed by atoms with van der Waals surface area (Å²) in [5, 5.41) is 0. The van der Waals surface area contributed by atoms with E-state index >= 15 is 0 Å². The van der Waals surface area contributed by atoms with Crippen LogP contribution >= 0.6 is 0 Å². The smallest absolute Gasteiger partial charge is 0.181 e. The Morgan fingerprint density at radius 1 is 1.45 bits per heavy atom. The van der Waals surface area contributed by atoms with Crippen molar-refractivity contribution < 1.29 is 13.9 Å². The molecule has 0 unspecified atom stereocenters. The van der Waals surface area contributed by atoms with Crippen molar-refractivity contribution in [2.45, 2.75) is 34.1 Å². The number of aryl methyl sites for hydroxylation is 1. The quantitative estimate of drug-likeness (QED) is 0.407. The van der Waals surface area contributed by atoms with Gasteiger partial charge in [-0.3, -0.25) is 4.79 Å². The molecule has 1 rings (SSSR count). The summed E-state index contributed by atoms with van der Waals surface area (Å²) in [4.78, 5) is 16.4. The third kappa shape index (κ3) is 5.64. The molecule has 1 heterocycles. The minimum absolute atomic E-state index is 0.0349. The van der Waals surface area contributed by atoms with E-state index in [1.54, 1.807) is 26.0 Å². The maximum Gasteiger partial charge on any atom is 0.181 e. The van der Waals surface area contributed by atoms with E-state index in [9.17, 15) is 9.18 Å². The van der Waals surface area contributed by atoms with Crippen LogP contribution < -0.4 is 4.74 Å². The van der Waals surface area contributed by atoms with E-state index in [4.69, 9.17) is 4.74 Å². The fourth-order valence-corrected chi connectivity index (χ4v) is 1.80. The SMILES string of the molecule is C=CC(=CC(F)=CC)Oc1cc(C)nc(C(=O)CC(C)C)c1. The fourth-order valence-electron chi connectivity index (χ4n) is 1.80. The van der Waals surface area contributed by atoms with Crippen LogP contribution in [-0.4, -0.2) is 10.8 Å². The lowest BCUT2D eigenvalue weighted by atomic mass is 10.0. The molecule has 0 N–H and O–H groups in total. The number of nitrogens with zero attached hydrogens (tertiary/aromatic N) is 1. The van der Waals surface area contributed by atoms with Crippen molar-refractivity contribution >= 4 is 5.78 Å². The maximum absolute atomic E-state index is 13.3. The predicted molar refractivity (Wildman–Crippen MR) is 86.5 cm³/mol. The van der Waals surface area contributed by atoms with Gasteiger partial charge in [-0.1, -0.05) is 26.5 Å². The van der Waals surface area contributed by atoms with E-state index in [0.29, 0.717) is 23.6 Å². The van der Waals surface area contributed by atoms with Crippen molar-refractivity contribution in [3.05, 3.63) is 59.9 Å². The normalized spacial score (nSPS) is 12.5. The van der Waals surface area contributed by atoms with Gasteiger partial charge in [0, 0.05) is 30.3 Å². The number of aromatic nitrogens is 1. The average Bonchev–Trinajstić information content (AvgIpc) is 2.44. The predicted octanol–water partition coefficient (Wildman–Crippen LogP) is 4.94. The Morgan fingerprint density at radius 2 is 2.14 bits per heavy atom. The summed E-state index contributed by atoms with van der Waals surface area (Å²) < 4.78 is 18.9.